The standard InChI is InChI=1S/C28H32N2O5/c1-2-7-18(13-25(31)29-19-12-17-14-28(17,15-19)26(32)33)30-27(34)35-16-24-22-10-5-3-8-20(22)21-9-4-6-11-23(21)24/h3-6,8-11,17-19,24H,2,7,12-16H2,1H3,(H,29,31)(H,30,34)(H,32,33)/t17-,18+,19+,28+/m0/s1. The Morgan fingerprint density at radius 1 is 1.06 bits per heavy atom. The third-order valence-electron chi connectivity index (χ3n) is 7.94. The molecule has 2 amide bonds. The van der Waals surface area contributed by atoms with Crippen molar-refractivity contribution in [3.8, 4) is 11.1 Å². The van der Waals surface area contributed by atoms with Gasteiger partial charge < -0.3 is 20.5 Å². The first kappa shape index (κ1) is 23.4. The smallest absolute Gasteiger partial charge is 0.407 e. The monoisotopic (exact) mass is 476 g/mol. The summed E-state index contributed by atoms with van der Waals surface area (Å²) in [5.41, 5.74) is 4.03. The van der Waals surface area contributed by atoms with Crippen LogP contribution >= 0.6 is 0 Å². The van der Waals surface area contributed by atoms with Crippen LogP contribution in [-0.4, -0.2) is 41.8 Å². The molecule has 2 aromatic rings. The zero-order valence-corrected chi connectivity index (χ0v) is 20.0. The number of nitrogens with one attached hydrogen (secondary N) is 2. The summed E-state index contributed by atoms with van der Waals surface area (Å²) in [5, 5.41) is 15.3. The van der Waals surface area contributed by atoms with E-state index in [0.717, 1.165) is 30.4 Å². The van der Waals surface area contributed by atoms with E-state index in [1.54, 1.807) is 0 Å². The van der Waals surface area contributed by atoms with Crippen molar-refractivity contribution >= 4 is 18.0 Å². The summed E-state index contributed by atoms with van der Waals surface area (Å²) in [7, 11) is 0. The lowest BCUT2D eigenvalue weighted by Crippen LogP contribution is -2.42. The second-order valence-corrected chi connectivity index (χ2v) is 10.2. The highest BCUT2D eigenvalue weighted by Gasteiger charge is 2.65. The van der Waals surface area contributed by atoms with Gasteiger partial charge in [-0.2, -0.15) is 0 Å². The van der Waals surface area contributed by atoms with Gasteiger partial charge in [-0.1, -0.05) is 61.9 Å². The van der Waals surface area contributed by atoms with E-state index in [2.05, 4.69) is 34.9 Å². The molecule has 2 aromatic carbocycles. The molecule has 35 heavy (non-hydrogen) atoms. The van der Waals surface area contributed by atoms with Gasteiger partial charge in [0, 0.05) is 24.4 Å². The number of hydrogen-bond donors (Lipinski definition) is 3. The molecule has 0 aliphatic heterocycles. The van der Waals surface area contributed by atoms with Crippen molar-refractivity contribution < 1.29 is 24.2 Å². The first-order valence-electron chi connectivity index (χ1n) is 12.6. The molecule has 0 spiro atoms. The Morgan fingerprint density at radius 2 is 1.71 bits per heavy atom. The topological polar surface area (TPSA) is 105 Å². The Morgan fingerprint density at radius 3 is 2.31 bits per heavy atom. The fourth-order valence-electron chi connectivity index (χ4n) is 6.16. The van der Waals surface area contributed by atoms with Gasteiger partial charge in [-0.05, 0) is 53.9 Å². The molecule has 0 heterocycles. The van der Waals surface area contributed by atoms with Crippen LogP contribution in [0.1, 0.15) is 62.5 Å². The number of aliphatic carboxylic acids is 1. The normalized spacial score (nSPS) is 24.6. The number of carbonyl (C=O) groups excluding carboxylic acids is 2. The number of carboxylic acids is 1. The molecule has 0 radical (unpaired) electrons. The summed E-state index contributed by atoms with van der Waals surface area (Å²) >= 11 is 0. The number of ether oxygens (including phenoxy) is 1. The predicted molar refractivity (Wildman–Crippen MR) is 131 cm³/mol. The summed E-state index contributed by atoms with van der Waals surface area (Å²) in [6, 6.07) is 15.9. The largest absolute Gasteiger partial charge is 0.481 e. The minimum absolute atomic E-state index is 0.0172. The average Bonchev–Trinajstić information content (AvgIpc) is 3.26. The molecule has 7 nitrogen and oxygen atoms in total. The molecular weight excluding hydrogens is 444 g/mol. The Balaban J connectivity index is 1.14. The molecule has 3 aliphatic rings. The highest BCUT2D eigenvalue weighted by molar-refractivity contribution is 5.81. The van der Waals surface area contributed by atoms with Gasteiger partial charge in [0.2, 0.25) is 5.91 Å². The van der Waals surface area contributed by atoms with Crippen LogP contribution in [0.4, 0.5) is 4.79 Å². The zero-order chi connectivity index (χ0) is 24.6. The maximum Gasteiger partial charge on any atom is 0.407 e. The molecule has 4 atom stereocenters. The lowest BCUT2D eigenvalue weighted by molar-refractivity contribution is -0.143. The second kappa shape index (κ2) is 9.36. The van der Waals surface area contributed by atoms with Crippen LogP contribution in [-0.2, 0) is 14.3 Å². The molecule has 2 fully saturated rings. The van der Waals surface area contributed by atoms with Gasteiger partial charge in [0.1, 0.15) is 6.61 Å². The summed E-state index contributed by atoms with van der Waals surface area (Å²) in [5.74, 6) is -0.749. The van der Waals surface area contributed by atoms with Crippen molar-refractivity contribution in [3.05, 3.63) is 59.7 Å². The van der Waals surface area contributed by atoms with E-state index < -0.39 is 17.5 Å². The molecule has 0 aromatic heterocycles. The van der Waals surface area contributed by atoms with Crippen LogP contribution in [0, 0.1) is 11.3 Å². The van der Waals surface area contributed by atoms with Crippen LogP contribution in [0.15, 0.2) is 48.5 Å². The number of fused-ring (bicyclic) bond motifs is 4. The highest BCUT2D eigenvalue weighted by atomic mass is 16.5. The summed E-state index contributed by atoms with van der Waals surface area (Å²) < 4.78 is 5.64. The van der Waals surface area contributed by atoms with Crippen molar-refractivity contribution in [2.45, 2.75) is 63.5 Å². The lowest BCUT2D eigenvalue weighted by atomic mass is 9.98. The van der Waals surface area contributed by atoms with E-state index in [1.165, 1.54) is 11.1 Å². The molecule has 3 N–H and O–H groups in total. The van der Waals surface area contributed by atoms with Crippen LogP contribution < -0.4 is 10.6 Å². The molecule has 7 heteroatoms. The van der Waals surface area contributed by atoms with E-state index in [9.17, 15) is 19.5 Å². The first-order valence-corrected chi connectivity index (χ1v) is 12.6. The molecule has 2 saturated carbocycles. The van der Waals surface area contributed by atoms with Crippen molar-refractivity contribution in [3.63, 3.8) is 0 Å². The Labute approximate surface area is 205 Å². The van der Waals surface area contributed by atoms with Gasteiger partial charge in [-0.3, -0.25) is 9.59 Å². The van der Waals surface area contributed by atoms with Crippen molar-refractivity contribution in [1.82, 2.24) is 10.6 Å². The van der Waals surface area contributed by atoms with E-state index in [0.29, 0.717) is 12.8 Å². The summed E-state index contributed by atoms with van der Waals surface area (Å²) in [6.45, 7) is 2.23. The third kappa shape index (κ3) is 4.51. The van der Waals surface area contributed by atoms with E-state index >= 15 is 0 Å². The maximum absolute atomic E-state index is 12.7. The van der Waals surface area contributed by atoms with Gasteiger partial charge in [0.05, 0.1) is 5.41 Å². The van der Waals surface area contributed by atoms with Crippen molar-refractivity contribution in [2.24, 2.45) is 11.3 Å². The fraction of sp³-hybridized carbons (Fsp3) is 0.464. The summed E-state index contributed by atoms with van der Waals surface area (Å²) in [6.07, 6.45) is 3.03. The predicted octanol–water partition coefficient (Wildman–Crippen LogP) is 4.45. The maximum atomic E-state index is 12.7. The number of amides is 2. The molecule has 0 saturated heterocycles. The van der Waals surface area contributed by atoms with Crippen molar-refractivity contribution in [1.29, 1.82) is 0 Å². The molecular formula is C28H32N2O5. The van der Waals surface area contributed by atoms with Crippen LogP contribution in [0.2, 0.25) is 0 Å². The van der Waals surface area contributed by atoms with Gasteiger partial charge in [0.15, 0.2) is 0 Å². The van der Waals surface area contributed by atoms with Gasteiger partial charge in [-0.25, -0.2) is 4.79 Å². The van der Waals surface area contributed by atoms with E-state index in [4.69, 9.17) is 4.74 Å². The molecule has 0 unspecified atom stereocenters. The highest BCUT2D eigenvalue weighted by Crippen LogP contribution is 2.63. The zero-order valence-electron chi connectivity index (χ0n) is 20.0. The average molecular weight is 477 g/mol. The number of carboxylic acid groups (broad SMARTS) is 1. The quantitative estimate of drug-likeness (QED) is 0.496. The van der Waals surface area contributed by atoms with Crippen LogP contribution in [0.5, 0.6) is 0 Å². The Bertz CT molecular complexity index is 1100. The number of rotatable bonds is 9. The minimum atomic E-state index is -0.750. The Hall–Kier alpha value is -3.35. The molecule has 5 rings (SSSR count). The van der Waals surface area contributed by atoms with Gasteiger partial charge >= 0.3 is 12.1 Å². The van der Waals surface area contributed by atoms with E-state index in [-0.39, 0.29) is 42.9 Å². The fourth-order valence-corrected chi connectivity index (χ4v) is 6.16. The third-order valence-corrected chi connectivity index (χ3v) is 7.94. The van der Waals surface area contributed by atoms with E-state index in [1.807, 2.05) is 31.2 Å². The number of hydrogen-bond acceptors (Lipinski definition) is 4. The first-order chi connectivity index (χ1) is 16.9. The molecule has 184 valence electrons. The minimum Gasteiger partial charge on any atom is -0.481 e. The second-order valence-electron chi connectivity index (χ2n) is 10.2. The Kier molecular flexibility index (Phi) is 6.26. The molecule has 0 bridgehead atoms. The van der Waals surface area contributed by atoms with Crippen molar-refractivity contribution in [2.75, 3.05) is 6.61 Å². The summed E-state index contributed by atoms with van der Waals surface area (Å²) in [4.78, 5) is 36.8. The molecule has 3 aliphatic carbocycles. The SMILES string of the molecule is CCC[C@H](CC(=O)N[C@@H]1C[C@H]2C[C@@]2(C(=O)O)C1)NC(=O)OCC1c2ccccc2-c2ccccc21. The number of benzene rings is 2. The van der Waals surface area contributed by atoms with Crippen LogP contribution in [0.25, 0.3) is 11.1 Å². The van der Waals surface area contributed by atoms with Gasteiger partial charge in [-0.15, -0.1) is 0 Å². The number of alkyl carbamates (subject to hydrolysis) is 1. The van der Waals surface area contributed by atoms with Gasteiger partial charge in [0.25, 0.3) is 0 Å². The van der Waals surface area contributed by atoms with Crippen LogP contribution in [0.3, 0.4) is 0 Å². The number of carbonyl (C=O) groups is 3. The lowest BCUT2D eigenvalue weighted by Gasteiger charge is -2.21.